The van der Waals surface area contributed by atoms with Crippen molar-refractivity contribution in [2.75, 3.05) is 6.54 Å². The predicted molar refractivity (Wildman–Crippen MR) is 58.6 cm³/mol. The van der Waals surface area contributed by atoms with E-state index >= 15 is 0 Å². The summed E-state index contributed by atoms with van der Waals surface area (Å²) in [6.07, 6.45) is 0.838. The zero-order valence-electron chi connectivity index (χ0n) is 7.74. The summed E-state index contributed by atoms with van der Waals surface area (Å²) in [6, 6.07) is 0.307. The summed E-state index contributed by atoms with van der Waals surface area (Å²) in [6.45, 7) is 2.95. The number of carboxylic acids is 1. The third-order valence-corrected chi connectivity index (χ3v) is 3.58. The summed E-state index contributed by atoms with van der Waals surface area (Å²) in [7, 11) is 0. The molecule has 0 aliphatic carbocycles. The van der Waals surface area contributed by atoms with Crippen LogP contribution in [0.2, 0.25) is 0 Å². The van der Waals surface area contributed by atoms with Crippen molar-refractivity contribution in [2.45, 2.75) is 19.4 Å². The van der Waals surface area contributed by atoms with Gasteiger partial charge in [0.1, 0.15) is 0 Å². The molecule has 0 amide bonds. The number of hydrogen-bond acceptors (Lipinski definition) is 3. The first kappa shape index (κ1) is 11.5. The van der Waals surface area contributed by atoms with Gasteiger partial charge < -0.3 is 10.4 Å². The van der Waals surface area contributed by atoms with Gasteiger partial charge in [0.05, 0.1) is 5.56 Å². The van der Waals surface area contributed by atoms with E-state index in [9.17, 15) is 4.79 Å². The first-order valence-corrected chi connectivity index (χ1v) is 5.15. The van der Waals surface area contributed by atoms with Crippen LogP contribution in [0.4, 0.5) is 0 Å². The number of fused-ring (bicyclic) bond motifs is 1. The Bertz CT molecular complexity index is 351. The van der Waals surface area contributed by atoms with E-state index in [1.54, 1.807) is 16.7 Å². The normalized spacial score (nSPS) is 19.6. The molecule has 0 radical (unpaired) electrons. The molecule has 2 rings (SSSR count). The van der Waals surface area contributed by atoms with Gasteiger partial charge in [0.2, 0.25) is 0 Å². The average molecular weight is 234 g/mol. The monoisotopic (exact) mass is 233 g/mol. The number of carbonyl (C=O) groups is 1. The minimum atomic E-state index is -0.799. The van der Waals surface area contributed by atoms with Crippen molar-refractivity contribution in [3.63, 3.8) is 0 Å². The molecule has 3 nitrogen and oxygen atoms in total. The predicted octanol–water partition coefficient (Wildman–Crippen LogP) is 2.07. The number of nitrogens with one attached hydrogen (secondary N) is 1. The van der Waals surface area contributed by atoms with Crippen LogP contribution in [0.3, 0.4) is 0 Å². The Balaban J connectivity index is 0.000000980. The number of rotatable bonds is 1. The van der Waals surface area contributed by atoms with E-state index < -0.39 is 5.97 Å². The van der Waals surface area contributed by atoms with Gasteiger partial charge in [0.25, 0.3) is 0 Å². The fourth-order valence-corrected chi connectivity index (χ4v) is 2.83. The van der Waals surface area contributed by atoms with Gasteiger partial charge in [0.15, 0.2) is 0 Å². The van der Waals surface area contributed by atoms with E-state index in [1.165, 1.54) is 4.88 Å². The third kappa shape index (κ3) is 1.78. The molecule has 14 heavy (non-hydrogen) atoms. The van der Waals surface area contributed by atoms with Crippen LogP contribution < -0.4 is 5.32 Å². The van der Waals surface area contributed by atoms with Crippen LogP contribution in [0.25, 0.3) is 0 Å². The molecule has 1 aliphatic rings. The minimum absolute atomic E-state index is 0. The van der Waals surface area contributed by atoms with Gasteiger partial charge in [-0.25, -0.2) is 4.79 Å². The topological polar surface area (TPSA) is 49.3 Å². The second-order valence-corrected chi connectivity index (χ2v) is 4.13. The van der Waals surface area contributed by atoms with Crippen LogP contribution in [0.15, 0.2) is 5.38 Å². The number of aromatic carboxylic acids is 1. The highest BCUT2D eigenvalue weighted by molar-refractivity contribution is 7.10. The molecule has 0 fully saturated rings. The smallest absolute Gasteiger partial charge is 0.336 e. The summed E-state index contributed by atoms with van der Waals surface area (Å²) in [5.74, 6) is -0.799. The lowest BCUT2D eigenvalue weighted by atomic mass is 10.0. The summed E-state index contributed by atoms with van der Waals surface area (Å²) < 4.78 is 0. The van der Waals surface area contributed by atoms with Crippen LogP contribution in [-0.4, -0.2) is 17.6 Å². The van der Waals surface area contributed by atoms with E-state index in [0.717, 1.165) is 18.5 Å². The molecule has 0 saturated carbocycles. The van der Waals surface area contributed by atoms with Gasteiger partial charge in [-0.1, -0.05) is 0 Å². The lowest BCUT2D eigenvalue weighted by Gasteiger charge is -2.20. The highest BCUT2D eigenvalue weighted by Crippen LogP contribution is 2.31. The molecule has 0 spiro atoms. The van der Waals surface area contributed by atoms with Crippen LogP contribution in [0.5, 0.6) is 0 Å². The van der Waals surface area contributed by atoms with Crippen LogP contribution in [0.1, 0.15) is 33.8 Å². The van der Waals surface area contributed by atoms with E-state index in [2.05, 4.69) is 12.2 Å². The molecule has 0 saturated heterocycles. The molecule has 1 aromatic heterocycles. The van der Waals surface area contributed by atoms with Gasteiger partial charge in [-0.3, -0.25) is 0 Å². The lowest BCUT2D eigenvalue weighted by molar-refractivity contribution is 0.0696. The standard InChI is InChI=1S/C9H11NO2S.ClH/c1-5-8-6(2-3-10-5)7(4-13-8)9(11)12;/h4-5,10H,2-3H2,1H3,(H,11,12);1H/t5-;/m1./s1. The lowest BCUT2D eigenvalue weighted by Crippen LogP contribution is -2.27. The summed E-state index contributed by atoms with van der Waals surface area (Å²) in [5.41, 5.74) is 1.53. The number of carboxylic acid groups (broad SMARTS) is 1. The molecule has 1 aromatic rings. The molecular weight excluding hydrogens is 222 g/mol. The Labute approximate surface area is 92.5 Å². The molecule has 78 valence electrons. The van der Waals surface area contributed by atoms with Crippen LogP contribution in [0, 0.1) is 0 Å². The van der Waals surface area contributed by atoms with E-state index in [0.29, 0.717) is 11.6 Å². The minimum Gasteiger partial charge on any atom is -0.478 e. The number of halogens is 1. The zero-order valence-corrected chi connectivity index (χ0v) is 9.37. The Morgan fingerprint density at radius 2 is 2.43 bits per heavy atom. The first-order valence-electron chi connectivity index (χ1n) is 4.27. The molecule has 0 unspecified atom stereocenters. The van der Waals surface area contributed by atoms with Crippen LogP contribution >= 0.6 is 23.7 Å². The van der Waals surface area contributed by atoms with Crippen molar-refractivity contribution in [2.24, 2.45) is 0 Å². The van der Waals surface area contributed by atoms with Gasteiger partial charge in [-0.15, -0.1) is 23.7 Å². The molecule has 5 heteroatoms. The Hall–Kier alpha value is -0.580. The quantitative estimate of drug-likeness (QED) is 0.781. The maximum Gasteiger partial charge on any atom is 0.336 e. The summed E-state index contributed by atoms with van der Waals surface area (Å²) in [4.78, 5) is 12.0. The molecular formula is C9H12ClNO2S. The largest absolute Gasteiger partial charge is 0.478 e. The zero-order chi connectivity index (χ0) is 9.42. The SMILES string of the molecule is C[C@H]1NCCc2c(C(=O)O)csc21.Cl. The summed E-state index contributed by atoms with van der Waals surface area (Å²) in [5, 5.41) is 14.0. The molecule has 1 atom stereocenters. The first-order chi connectivity index (χ1) is 6.20. The average Bonchev–Trinajstić information content (AvgIpc) is 2.48. The molecule has 0 aromatic carbocycles. The van der Waals surface area contributed by atoms with Crippen molar-refractivity contribution in [1.29, 1.82) is 0 Å². The molecule has 1 aliphatic heterocycles. The van der Waals surface area contributed by atoms with Crippen molar-refractivity contribution in [1.82, 2.24) is 5.32 Å². The second-order valence-electron chi connectivity index (χ2n) is 3.22. The highest BCUT2D eigenvalue weighted by atomic mass is 35.5. The van der Waals surface area contributed by atoms with Gasteiger partial charge in [0, 0.05) is 16.3 Å². The molecule has 2 N–H and O–H groups in total. The number of thiophene rings is 1. The fourth-order valence-electron chi connectivity index (χ4n) is 1.70. The fraction of sp³-hybridized carbons (Fsp3) is 0.444. The Kier molecular flexibility index (Phi) is 3.53. The molecule has 2 heterocycles. The molecule has 0 bridgehead atoms. The number of hydrogen-bond donors (Lipinski definition) is 2. The van der Waals surface area contributed by atoms with Crippen molar-refractivity contribution < 1.29 is 9.90 Å². The Morgan fingerprint density at radius 3 is 3.07 bits per heavy atom. The van der Waals surface area contributed by atoms with Gasteiger partial charge >= 0.3 is 5.97 Å². The van der Waals surface area contributed by atoms with E-state index in [-0.39, 0.29) is 12.4 Å². The highest BCUT2D eigenvalue weighted by Gasteiger charge is 2.23. The van der Waals surface area contributed by atoms with Crippen LogP contribution in [-0.2, 0) is 6.42 Å². The second kappa shape index (κ2) is 4.29. The maximum absolute atomic E-state index is 10.8. The van der Waals surface area contributed by atoms with Crippen molar-refractivity contribution in [3.8, 4) is 0 Å². The third-order valence-electron chi connectivity index (χ3n) is 2.38. The maximum atomic E-state index is 10.8. The van der Waals surface area contributed by atoms with Crippen molar-refractivity contribution in [3.05, 3.63) is 21.4 Å². The summed E-state index contributed by atoms with van der Waals surface area (Å²) >= 11 is 1.55. The van der Waals surface area contributed by atoms with Crippen molar-refractivity contribution >= 4 is 29.7 Å². The Morgan fingerprint density at radius 1 is 1.71 bits per heavy atom. The van der Waals surface area contributed by atoms with Gasteiger partial charge in [-0.2, -0.15) is 0 Å². The van der Waals surface area contributed by atoms with Gasteiger partial charge in [-0.05, 0) is 25.5 Å². The van der Waals surface area contributed by atoms with E-state index in [4.69, 9.17) is 5.11 Å². The van der Waals surface area contributed by atoms with E-state index in [1.807, 2.05) is 0 Å².